The Morgan fingerprint density at radius 1 is 0.627 bits per heavy atom. The molecule has 0 aliphatic heterocycles. The summed E-state index contributed by atoms with van der Waals surface area (Å²) >= 11 is 0. The molecule has 2 heterocycles. The molecule has 0 atom stereocenters. The SMILES string of the molecule is CC(=O)Oc1cc(S(=O)(=O)O)c2ccc3c(S(=O)(=O)O)cc(S(=O)(=O)NCCCNC(=O)c4ccc(C[n+]5ccc(-c6cc[n+](Cc7cccc(OBO)c7)cc6)cc5)cc4)c4ccc1c2c34. The van der Waals surface area contributed by atoms with Crippen molar-refractivity contribution in [1.29, 1.82) is 0 Å². The summed E-state index contributed by atoms with van der Waals surface area (Å²) in [5.74, 6) is -0.920. The summed E-state index contributed by atoms with van der Waals surface area (Å²) in [6.07, 6.45) is 8.07. The van der Waals surface area contributed by atoms with Crippen LogP contribution in [0.5, 0.6) is 11.5 Å². The summed E-state index contributed by atoms with van der Waals surface area (Å²) < 4.78 is 115. The second kappa shape index (κ2) is 18.8. The lowest BCUT2D eigenvalue weighted by Gasteiger charge is -2.19. The van der Waals surface area contributed by atoms with Crippen LogP contribution in [0.15, 0.2) is 149 Å². The fraction of sp³-hybridized carbons (Fsp3) is 0.130. The molecule has 2 aromatic heterocycles. The van der Waals surface area contributed by atoms with E-state index >= 15 is 0 Å². The number of carbonyl (C=O) groups excluding carboxylic acids is 2. The van der Waals surface area contributed by atoms with Gasteiger partial charge < -0.3 is 19.7 Å². The Hall–Kier alpha value is -6.85. The van der Waals surface area contributed by atoms with Gasteiger partial charge in [-0.25, -0.2) is 22.3 Å². The number of hydrogen-bond donors (Lipinski definition) is 5. The van der Waals surface area contributed by atoms with Crippen LogP contribution < -0.4 is 28.6 Å². The van der Waals surface area contributed by atoms with Crippen LogP contribution in [0, 0.1) is 0 Å². The Bertz CT molecular complexity index is 3540. The predicted octanol–water partition coefficient (Wildman–Crippen LogP) is 4.08. The maximum absolute atomic E-state index is 13.9. The lowest BCUT2D eigenvalue weighted by Crippen LogP contribution is -2.33. The minimum absolute atomic E-state index is 0.0447. The number of nitrogens with zero attached hydrogens (tertiary/aromatic N) is 2. The Morgan fingerprint density at radius 3 is 1.73 bits per heavy atom. The normalized spacial score (nSPS) is 12.1. The first kappa shape index (κ1) is 46.7. The van der Waals surface area contributed by atoms with Gasteiger partial charge in [0.05, 0.1) is 4.90 Å². The number of aromatic nitrogens is 2. The van der Waals surface area contributed by atoms with Crippen molar-refractivity contribution >= 4 is 82.1 Å². The van der Waals surface area contributed by atoms with E-state index in [-0.39, 0.29) is 71.2 Å². The minimum atomic E-state index is -5.08. The Balaban J connectivity index is 0.895. The first-order valence-electron chi connectivity index (χ1n) is 20.5. The highest BCUT2D eigenvalue weighted by Gasteiger charge is 2.29. The molecule has 342 valence electrons. The topological polar surface area (TPSA) is 248 Å². The van der Waals surface area contributed by atoms with Gasteiger partial charge in [0.25, 0.3) is 26.1 Å². The molecule has 8 aromatic rings. The third kappa shape index (κ3) is 10.3. The van der Waals surface area contributed by atoms with Crippen molar-refractivity contribution in [3.05, 3.63) is 151 Å². The molecule has 0 unspecified atom stereocenters. The lowest BCUT2D eigenvalue weighted by molar-refractivity contribution is -0.688. The Morgan fingerprint density at radius 2 is 1.16 bits per heavy atom. The molecule has 0 saturated carbocycles. The summed E-state index contributed by atoms with van der Waals surface area (Å²) in [4.78, 5) is 22.9. The maximum atomic E-state index is 13.9. The standard InChI is InChI=1S/C46H39BN4O13S3/c1-29(52)63-40-25-42(66(57,58)59)38-12-13-39-43(67(60,61)62)26-41(37-11-10-36(40)44(38)45(37)39)65(55,56)49-19-3-18-48-46(53)34-8-6-30(7-9-34)27-50-20-14-32(15-21-50)33-16-22-51(23-17-33)28-31-4-2-5-35(24-31)64-47-54/h2,4-17,20-26,47,49,54H,3,18-19,27-28H2,1H3,(H-2,48,53,57,58,59,60,61,62)/p+2. The number of rotatable bonds is 17. The van der Waals surface area contributed by atoms with Gasteiger partial charge in [-0.15, -0.1) is 0 Å². The number of esters is 1. The number of amides is 1. The first-order chi connectivity index (χ1) is 31.9. The van der Waals surface area contributed by atoms with Gasteiger partial charge in [-0.1, -0.05) is 42.5 Å². The van der Waals surface area contributed by atoms with Crippen molar-refractivity contribution in [2.45, 2.75) is 41.1 Å². The molecule has 0 bridgehead atoms. The average molecular weight is 965 g/mol. The van der Waals surface area contributed by atoms with E-state index in [4.69, 9.17) is 14.4 Å². The molecule has 5 N–H and O–H groups in total. The van der Waals surface area contributed by atoms with Gasteiger partial charge in [0.1, 0.15) is 21.3 Å². The lowest BCUT2D eigenvalue weighted by atomic mass is 9.93. The third-order valence-electron chi connectivity index (χ3n) is 11.0. The van der Waals surface area contributed by atoms with Crippen molar-refractivity contribution < 1.29 is 67.5 Å². The molecule has 17 nitrogen and oxygen atoms in total. The van der Waals surface area contributed by atoms with Gasteiger partial charge in [-0.3, -0.25) is 18.7 Å². The number of nitrogens with one attached hydrogen (secondary N) is 2. The smallest absolute Gasteiger partial charge is 0.504 e. The zero-order valence-electron chi connectivity index (χ0n) is 35.5. The quantitative estimate of drug-likeness (QED) is 0.0165. The molecule has 0 radical (unpaired) electrons. The van der Waals surface area contributed by atoms with Gasteiger partial charge in [-0.05, 0) is 53.9 Å². The fourth-order valence-corrected chi connectivity index (χ4v) is 10.7. The van der Waals surface area contributed by atoms with Gasteiger partial charge in [0.2, 0.25) is 10.0 Å². The van der Waals surface area contributed by atoms with Gasteiger partial charge in [0.15, 0.2) is 37.9 Å². The summed E-state index contributed by atoms with van der Waals surface area (Å²) in [7, 11) is -15.0. The van der Waals surface area contributed by atoms with Gasteiger partial charge in [-0.2, -0.15) is 16.8 Å². The van der Waals surface area contributed by atoms with E-state index in [9.17, 15) is 43.9 Å². The summed E-state index contributed by atoms with van der Waals surface area (Å²) in [6.45, 7) is 2.11. The molecule has 21 heteroatoms. The van der Waals surface area contributed by atoms with Crippen LogP contribution in [0.25, 0.3) is 43.4 Å². The van der Waals surface area contributed by atoms with Crippen LogP contribution in [0.1, 0.15) is 34.8 Å². The van der Waals surface area contributed by atoms with Crippen molar-refractivity contribution in [2.24, 2.45) is 0 Å². The fourth-order valence-electron chi connectivity index (χ4n) is 7.93. The van der Waals surface area contributed by atoms with Crippen LogP contribution in [-0.4, -0.2) is 72.0 Å². The molecule has 8 rings (SSSR count). The monoisotopic (exact) mass is 964 g/mol. The largest absolute Gasteiger partial charge is 0.539 e. The van der Waals surface area contributed by atoms with E-state index in [0.29, 0.717) is 24.4 Å². The predicted molar refractivity (Wildman–Crippen MR) is 247 cm³/mol. The zero-order chi connectivity index (χ0) is 47.7. The number of sulfonamides is 1. The number of pyridine rings is 2. The van der Waals surface area contributed by atoms with Crippen molar-refractivity contribution in [2.75, 3.05) is 13.1 Å². The third-order valence-corrected chi connectivity index (χ3v) is 14.3. The Labute approximate surface area is 385 Å². The van der Waals surface area contributed by atoms with E-state index in [1.54, 1.807) is 18.2 Å². The number of benzene rings is 6. The van der Waals surface area contributed by atoms with Crippen LogP contribution >= 0.6 is 0 Å². The van der Waals surface area contributed by atoms with E-state index in [2.05, 4.69) is 10.0 Å². The van der Waals surface area contributed by atoms with Crippen LogP contribution in [-0.2, 0) is 48.1 Å². The van der Waals surface area contributed by atoms with E-state index < -0.39 is 50.9 Å². The van der Waals surface area contributed by atoms with Crippen LogP contribution in [0.2, 0.25) is 0 Å². The molecule has 0 fully saturated rings. The van der Waals surface area contributed by atoms with Crippen molar-refractivity contribution in [3.63, 3.8) is 0 Å². The Kier molecular flexibility index (Phi) is 13.1. The summed E-state index contributed by atoms with van der Waals surface area (Å²) in [5.41, 5.74) is 4.46. The first-order valence-corrected chi connectivity index (χ1v) is 24.9. The highest BCUT2D eigenvalue weighted by molar-refractivity contribution is 7.90. The highest BCUT2D eigenvalue weighted by Crippen LogP contribution is 2.45. The highest BCUT2D eigenvalue weighted by atomic mass is 32.2. The van der Waals surface area contributed by atoms with Gasteiger partial charge in [0, 0.05) is 99.4 Å². The number of hydrogen-bond acceptors (Lipinski definition) is 11. The minimum Gasteiger partial charge on any atom is -0.539 e. The maximum Gasteiger partial charge on any atom is 0.504 e. The molecular weight excluding hydrogens is 924 g/mol. The molecular formula is C46H41BN4O13S3+2. The average Bonchev–Trinajstić information content (AvgIpc) is 3.28. The zero-order valence-corrected chi connectivity index (χ0v) is 37.9. The van der Waals surface area contributed by atoms with Crippen molar-refractivity contribution in [1.82, 2.24) is 10.0 Å². The summed E-state index contributed by atoms with van der Waals surface area (Å²) in [6, 6.07) is 29.5. The molecule has 67 heavy (non-hydrogen) atoms. The number of carbonyl (C=O) groups is 2. The second-order valence-electron chi connectivity index (χ2n) is 15.5. The molecule has 0 aliphatic carbocycles. The van der Waals surface area contributed by atoms with Gasteiger partial charge >= 0.3 is 13.7 Å². The van der Waals surface area contributed by atoms with Crippen LogP contribution in [0.4, 0.5) is 0 Å². The molecule has 0 aliphatic rings. The molecule has 0 spiro atoms. The van der Waals surface area contributed by atoms with Crippen molar-refractivity contribution in [3.8, 4) is 22.6 Å². The van der Waals surface area contributed by atoms with Crippen LogP contribution in [0.3, 0.4) is 0 Å². The molecule has 1 amide bonds. The summed E-state index contributed by atoms with van der Waals surface area (Å²) in [5, 5.41) is 11.4. The molecule has 6 aromatic carbocycles. The van der Waals surface area contributed by atoms with E-state index in [0.717, 1.165) is 41.3 Å². The molecule has 0 saturated heterocycles. The van der Waals surface area contributed by atoms with E-state index in [1.165, 1.54) is 24.3 Å². The number of ether oxygens (including phenoxy) is 1. The second-order valence-corrected chi connectivity index (χ2v) is 20.0. The van der Waals surface area contributed by atoms with E-state index in [1.807, 2.05) is 88.5 Å².